The van der Waals surface area contributed by atoms with Gasteiger partial charge in [0.15, 0.2) is 0 Å². The van der Waals surface area contributed by atoms with Crippen LogP contribution in [0, 0.1) is 5.82 Å². The summed E-state index contributed by atoms with van der Waals surface area (Å²) in [6.45, 7) is 5.49. The quantitative estimate of drug-likeness (QED) is 0.838. The summed E-state index contributed by atoms with van der Waals surface area (Å²) >= 11 is 0. The Balaban J connectivity index is 2.10. The minimum absolute atomic E-state index is 0.215. The van der Waals surface area contributed by atoms with Crippen molar-refractivity contribution in [1.82, 2.24) is 10.2 Å². The van der Waals surface area contributed by atoms with Crippen LogP contribution in [0.4, 0.5) is 4.39 Å². The van der Waals surface area contributed by atoms with E-state index in [4.69, 9.17) is 5.73 Å². The van der Waals surface area contributed by atoms with Gasteiger partial charge in [0.25, 0.3) is 0 Å². The number of benzene rings is 1. The lowest BCUT2D eigenvalue weighted by molar-refractivity contribution is 0.0999. The van der Waals surface area contributed by atoms with Crippen molar-refractivity contribution < 1.29 is 9.18 Å². The van der Waals surface area contributed by atoms with Gasteiger partial charge in [-0.25, -0.2) is 4.39 Å². The van der Waals surface area contributed by atoms with E-state index in [1.165, 1.54) is 6.07 Å². The van der Waals surface area contributed by atoms with Crippen LogP contribution >= 0.6 is 0 Å². The lowest BCUT2D eigenvalue weighted by Crippen LogP contribution is -2.36. The molecular formula is C14H20FN3O. The molecule has 1 unspecified atom stereocenters. The normalized spacial score (nSPS) is 19.0. The van der Waals surface area contributed by atoms with E-state index in [0.717, 1.165) is 26.1 Å². The molecule has 3 N–H and O–H groups in total. The third-order valence-corrected chi connectivity index (χ3v) is 3.67. The van der Waals surface area contributed by atoms with E-state index in [1.807, 2.05) is 0 Å². The predicted octanol–water partition coefficient (Wildman–Crippen LogP) is 1.11. The molecule has 0 aliphatic carbocycles. The number of nitrogens with zero attached hydrogens (tertiary/aromatic N) is 1. The van der Waals surface area contributed by atoms with Crippen LogP contribution < -0.4 is 11.1 Å². The first-order valence-corrected chi connectivity index (χ1v) is 6.64. The number of nitrogens with two attached hydrogens (primary N) is 1. The third kappa shape index (κ3) is 3.30. The van der Waals surface area contributed by atoms with E-state index in [9.17, 15) is 9.18 Å². The molecule has 1 aliphatic rings. The summed E-state index contributed by atoms with van der Waals surface area (Å²) in [5, 5.41) is 3.31. The largest absolute Gasteiger partial charge is 0.366 e. The van der Waals surface area contributed by atoms with E-state index in [1.54, 1.807) is 12.1 Å². The fourth-order valence-corrected chi connectivity index (χ4v) is 2.50. The molecular weight excluding hydrogens is 245 g/mol. The number of nitrogens with one attached hydrogen (secondary N) is 1. The van der Waals surface area contributed by atoms with Crippen LogP contribution in [0.2, 0.25) is 0 Å². The van der Waals surface area contributed by atoms with E-state index in [0.29, 0.717) is 18.2 Å². The molecule has 1 aromatic carbocycles. The molecule has 1 aromatic rings. The lowest BCUT2D eigenvalue weighted by Gasteiger charge is -2.27. The van der Waals surface area contributed by atoms with Crippen molar-refractivity contribution in [2.45, 2.75) is 25.9 Å². The summed E-state index contributed by atoms with van der Waals surface area (Å²) in [5.41, 5.74) is 5.96. The highest BCUT2D eigenvalue weighted by Crippen LogP contribution is 2.16. The molecule has 1 aliphatic heterocycles. The van der Waals surface area contributed by atoms with Crippen molar-refractivity contribution >= 4 is 5.91 Å². The Morgan fingerprint density at radius 2 is 2.37 bits per heavy atom. The number of halogens is 1. The van der Waals surface area contributed by atoms with E-state index in [2.05, 4.69) is 17.1 Å². The Labute approximate surface area is 112 Å². The molecule has 1 fully saturated rings. The molecule has 0 bridgehead atoms. The second-order valence-electron chi connectivity index (χ2n) is 4.88. The molecule has 1 amide bonds. The number of carbonyl (C=O) groups is 1. The molecule has 0 aromatic heterocycles. The molecule has 1 heterocycles. The number of primary amides is 1. The lowest BCUT2D eigenvalue weighted by atomic mass is 10.1. The average Bonchev–Trinajstić information content (AvgIpc) is 2.91. The van der Waals surface area contributed by atoms with E-state index < -0.39 is 5.91 Å². The van der Waals surface area contributed by atoms with Gasteiger partial charge in [0.1, 0.15) is 5.82 Å². The highest BCUT2D eigenvalue weighted by molar-refractivity contribution is 5.92. The molecule has 0 spiro atoms. The van der Waals surface area contributed by atoms with Crippen molar-refractivity contribution in [3.8, 4) is 0 Å². The van der Waals surface area contributed by atoms with Crippen molar-refractivity contribution in [2.75, 3.05) is 19.6 Å². The molecule has 0 radical (unpaired) electrons. The summed E-state index contributed by atoms with van der Waals surface area (Å²) in [5.74, 6) is -0.960. The highest BCUT2D eigenvalue weighted by atomic mass is 19.1. The van der Waals surface area contributed by atoms with Gasteiger partial charge in [0.05, 0.1) is 0 Å². The number of rotatable bonds is 5. The van der Waals surface area contributed by atoms with Crippen LogP contribution in [-0.2, 0) is 6.54 Å². The molecule has 0 saturated carbocycles. The van der Waals surface area contributed by atoms with Crippen LogP contribution in [0.5, 0.6) is 0 Å². The standard InChI is InChI=1S/C14H20FN3O/c1-2-18(12-5-6-17-8-12)9-11-4-3-10(14(16)19)7-13(11)15/h3-4,7,12,17H,2,5-6,8-9H2,1H3,(H2,16,19). The van der Waals surface area contributed by atoms with Gasteiger partial charge in [-0.05, 0) is 31.6 Å². The minimum Gasteiger partial charge on any atom is -0.366 e. The number of hydrogen-bond acceptors (Lipinski definition) is 3. The Kier molecular flexibility index (Phi) is 4.50. The van der Waals surface area contributed by atoms with Crippen molar-refractivity contribution in [1.29, 1.82) is 0 Å². The molecule has 19 heavy (non-hydrogen) atoms. The minimum atomic E-state index is -0.599. The van der Waals surface area contributed by atoms with Gasteiger partial charge in [-0.15, -0.1) is 0 Å². The fraction of sp³-hybridized carbons (Fsp3) is 0.500. The smallest absolute Gasteiger partial charge is 0.248 e. The van der Waals surface area contributed by atoms with Gasteiger partial charge >= 0.3 is 0 Å². The summed E-state index contributed by atoms with van der Waals surface area (Å²) < 4.78 is 13.9. The number of hydrogen-bond donors (Lipinski definition) is 2. The topological polar surface area (TPSA) is 58.4 Å². The SMILES string of the molecule is CCN(Cc1ccc(C(N)=O)cc1F)C1CCNC1. The number of amides is 1. The maximum absolute atomic E-state index is 13.9. The number of likely N-dealkylation sites (N-methyl/N-ethyl adjacent to an activating group) is 1. The van der Waals surface area contributed by atoms with E-state index in [-0.39, 0.29) is 11.4 Å². The molecule has 1 atom stereocenters. The second kappa shape index (κ2) is 6.12. The second-order valence-corrected chi connectivity index (χ2v) is 4.88. The van der Waals surface area contributed by atoms with Gasteiger partial charge < -0.3 is 11.1 Å². The van der Waals surface area contributed by atoms with Crippen LogP contribution in [-0.4, -0.2) is 36.5 Å². The maximum Gasteiger partial charge on any atom is 0.248 e. The zero-order valence-corrected chi connectivity index (χ0v) is 11.2. The third-order valence-electron chi connectivity index (χ3n) is 3.67. The highest BCUT2D eigenvalue weighted by Gasteiger charge is 2.22. The number of carbonyl (C=O) groups excluding carboxylic acids is 1. The maximum atomic E-state index is 13.9. The first kappa shape index (κ1) is 14.0. The zero-order valence-electron chi connectivity index (χ0n) is 11.2. The fourth-order valence-electron chi connectivity index (χ4n) is 2.50. The van der Waals surface area contributed by atoms with E-state index >= 15 is 0 Å². The van der Waals surface area contributed by atoms with Gasteiger partial charge in [-0.3, -0.25) is 9.69 Å². The van der Waals surface area contributed by atoms with Gasteiger partial charge in [0.2, 0.25) is 5.91 Å². The summed E-state index contributed by atoms with van der Waals surface area (Å²) in [4.78, 5) is 13.2. The molecule has 4 nitrogen and oxygen atoms in total. The molecule has 5 heteroatoms. The Morgan fingerprint density at radius 1 is 1.58 bits per heavy atom. The van der Waals surface area contributed by atoms with Crippen molar-refractivity contribution in [3.63, 3.8) is 0 Å². The zero-order chi connectivity index (χ0) is 13.8. The Hall–Kier alpha value is -1.46. The molecule has 2 rings (SSSR count). The predicted molar refractivity (Wildman–Crippen MR) is 72.3 cm³/mol. The Morgan fingerprint density at radius 3 is 2.89 bits per heavy atom. The van der Waals surface area contributed by atoms with Crippen LogP contribution in [0.1, 0.15) is 29.3 Å². The van der Waals surface area contributed by atoms with Crippen LogP contribution in [0.3, 0.4) is 0 Å². The van der Waals surface area contributed by atoms with Crippen molar-refractivity contribution in [3.05, 3.63) is 35.1 Å². The Bertz CT molecular complexity index is 458. The van der Waals surface area contributed by atoms with Gasteiger partial charge in [-0.1, -0.05) is 13.0 Å². The van der Waals surface area contributed by atoms with Gasteiger partial charge in [-0.2, -0.15) is 0 Å². The average molecular weight is 265 g/mol. The van der Waals surface area contributed by atoms with Crippen LogP contribution in [0.15, 0.2) is 18.2 Å². The van der Waals surface area contributed by atoms with Gasteiger partial charge in [0, 0.05) is 30.3 Å². The first-order chi connectivity index (χ1) is 9.11. The monoisotopic (exact) mass is 265 g/mol. The summed E-state index contributed by atoms with van der Waals surface area (Å²) in [6.07, 6.45) is 1.09. The first-order valence-electron chi connectivity index (χ1n) is 6.64. The summed E-state index contributed by atoms with van der Waals surface area (Å²) in [7, 11) is 0. The van der Waals surface area contributed by atoms with Crippen molar-refractivity contribution in [2.24, 2.45) is 5.73 Å². The molecule has 104 valence electrons. The summed E-state index contributed by atoms with van der Waals surface area (Å²) in [6, 6.07) is 4.92. The molecule has 1 saturated heterocycles. The van der Waals surface area contributed by atoms with Crippen LogP contribution in [0.25, 0.3) is 0 Å².